The molecule has 0 bridgehead atoms. The predicted octanol–water partition coefficient (Wildman–Crippen LogP) is -0.200. The summed E-state index contributed by atoms with van der Waals surface area (Å²) in [5.41, 5.74) is 5.97. The molecular weight excluding hydrogens is 296 g/mol. The van der Waals surface area contributed by atoms with Gasteiger partial charge in [0.1, 0.15) is 0 Å². The van der Waals surface area contributed by atoms with Crippen molar-refractivity contribution in [2.45, 2.75) is 17.4 Å². The molecule has 0 aliphatic heterocycles. The number of sulfone groups is 1. The van der Waals surface area contributed by atoms with Crippen molar-refractivity contribution in [2.24, 2.45) is 0 Å². The van der Waals surface area contributed by atoms with Gasteiger partial charge in [0.25, 0.3) is 5.91 Å². The fraction of sp³-hybridized carbons (Fsp3) is 0.462. The predicted molar refractivity (Wildman–Crippen MR) is 78.8 cm³/mol. The largest absolute Gasteiger partial charge is 0.399 e. The van der Waals surface area contributed by atoms with Gasteiger partial charge in [-0.25, -0.2) is 8.42 Å². The van der Waals surface area contributed by atoms with E-state index in [1.54, 1.807) is 0 Å². The van der Waals surface area contributed by atoms with Gasteiger partial charge in [0.05, 0.1) is 17.5 Å². The van der Waals surface area contributed by atoms with E-state index in [9.17, 15) is 13.2 Å². The van der Waals surface area contributed by atoms with E-state index in [1.807, 2.05) is 0 Å². The van der Waals surface area contributed by atoms with Gasteiger partial charge >= 0.3 is 0 Å². The second-order valence-corrected chi connectivity index (χ2v) is 6.72. The van der Waals surface area contributed by atoms with Crippen LogP contribution in [-0.4, -0.2) is 52.1 Å². The Bertz CT molecular complexity index is 595. The first-order chi connectivity index (χ1) is 9.77. The van der Waals surface area contributed by atoms with Crippen LogP contribution in [0, 0.1) is 0 Å². The van der Waals surface area contributed by atoms with Crippen molar-refractivity contribution < 1.29 is 23.1 Å². The van der Waals surface area contributed by atoms with E-state index in [4.69, 9.17) is 15.6 Å². The standard InChI is InChI=1S/C13H20N2O5S/c1-20-8-11(3-4-16)15-13(17)9-5-10(14)7-12(6-9)21(2,18)19/h5-7,11,16H,3-4,8,14H2,1-2H3,(H,15,17). The van der Waals surface area contributed by atoms with E-state index in [1.165, 1.54) is 25.3 Å². The first kappa shape index (κ1) is 17.4. The lowest BCUT2D eigenvalue weighted by Gasteiger charge is -2.17. The summed E-state index contributed by atoms with van der Waals surface area (Å²) in [5.74, 6) is -0.470. The van der Waals surface area contributed by atoms with Crippen LogP contribution in [-0.2, 0) is 14.6 Å². The zero-order chi connectivity index (χ0) is 16.0. The zero-order valence-corrected chi connectivity index (χ0v) is 12.8. The van der Waals surface area contributed by atoms with E-state index in [-0.39, 0.29) is 35.4 Å². The second kappa shape index (κ2) is 7.39. The normalized spacial score (nSPS) is 12.9. The molecule has 0 radical (unpaired) electrons. The monoisotopic (exact) mass is 316 g/mol. The maximum Gasteiger partial charge on any atom is 0.251 e. The summed E-state index contributed by atoms with van der Waals surface area (Å²) in [6.07, 6.45) is 1.38. The van der Waals surface area contributed by atoms with E-state index in [2.05, 4.69) is 5.32 Å². The highest BCUT2D eigenvalue weighted by molar-refractivity contribution is 7.90. The lowest BCUT2D eigenvalue weighted by molar-refractivity contribution is 0.0878. The molecule has 0 aromatic heterocycles. The summed E-state index contributed by atoms with van der Waals surface area (Å²) >= 11 is 0. The molecule has 0 fully saturated rings. The van der Waals surface area contributed by atoms with Crippen molar-refractivity contribution in [3.05, 3.63) is 23.8 Å². The van der Waals surface area contributed by atoms with Gasteiger partial charge in [0.2, 0.25) is 0 Å². The van der Waals surface area contributed by atoms with Crippen molar-refractivity contribution in [2.75, 3.05) is 32.3 Å². The lowest BCUT2D eigenvalue weighted by atomic mass is 10.1. The summed E-state index contributed by atoms with van der Waals surface area (Å²) < 4.78 is 28.0. The number of amides is 1. The van der Waals surface area contributed by atoms with Crippen LogP contribution in [0.3, 0.4) is 0 Å². The molecule has 0 spiro atoms. The highest BCUT2D eigenvalue weighted by atomic mass is 32.2. The third-order valence-corrected chi connectivity index (χ3v) is 3.89. The van der Waals surface area contributed by atoms with Crippen molar-refractivity contribution >= 4 is 21.4 Å². The average molecular weight is 316 g/mol. The molecule has 1 atom stereocenters. The van der Waals surface area contributed by atoms with Gasteiger partial charge < -0.3 is 20.9 Å². The maximum absolute atomic E-state index is 12.1. The van der Waals surface area contributed by atoms with Gasteiger partial charge in [-0.3, -0.25) is 4.79 Å². The van der Waals surface area contributed by atoms with Crippen LogP contribution < -0.4 is 11.1 Å². The average Bonchev–Trinajstić information content (AvgIpc) is 2.37. The molecule has 0 saturated carbocycles. The van der Waals surface area contributed by atoms with E-state index in [0.717, 1.165) is 6.26 Å². The minimum absolute atomic E-state index is 0.0156. The number of carbonyl (C=O) groups is 1. The van der Waals surface area contributed by atoms with Gasteiger partial charge in [0, 0.05) is 31.2 Å². The van der Waals surface area contributed by atoms with Crippen LogP contribution in [0.5, 0.6) is 0 Å². The molecule has 1 unspecified atom stereocenters. The maximum atomic E-state index is 12.1. The van der Waals surface area contributed by atoms with Crippen molar-refractivity contribution in [1.82, 2.24) is 5.32 Å². The summed E-state index contributed by atoms with van der Waals surface area (Å²) in [7, 11) is -1.97. The van der Waals surface area contributed by atoms with Crippen molar-refractivity contribution in [1.29, 1.82) is 0 Å². The number of hydrogen-bond acceptors (Lipinski definition) is 6. The molecule has 1 rings (SSSR count). The van der Waals surface area contributed by atoms with Crippen LogP contribution in [0.15, 0.2) is 23.1 Å². The van der Waals surface area contributed by atoms with Gasteiger partial charge in [0.15, 0.2) is 9.84 Å². The number of methoxy groups -OCH3 is 1. The number of carbonyl (C=O) groups excluding carboxylic acids is 1. The number of nitrogens with one attached hydrogen (secondary N) is 1. The molecule has 0 aliphatic carbocycles. The molecule has 0 heterocycles. The number of nitrogens with two attached hydrogens (primary N) is 1. The molecule has 0 aliphatic rings. The Labute approximate surface area is 124 Å². The second-order valence-electron chi connectivity index (χ2n) is 4.70. The highest BCUT2D eigenvalue weighted by Crippen LogP contribution is 2.17. The Balaban J connectivity index is 2.99. The fourth-order valence-corrected chi connectivity index (χ4v) is 2.48. The molecule has 1 aromatic carbocycles. The third-order valence-electron chi connectivity index (χ3n) is 2.80. The van der Waals surface area contributed by atoms with Crippen LogP contribution in [0.1, 0.15) is 16.8 Å². The molecule has 21 heavy (non-hydrogen) atoms. The number of rotatable bonds is 7. The number of benzene rings is 1. The Morgan fingerprint density at radius 2 is 2.10 bits per heavy atom. The van der Waals surface area contributed by atoms with Gasteiger partial charge in [-0.1, -0.05) is 0 Å². The fourth-order valence-electron chi connectivity index (χ4n) is 1.79. The smallest absolute Gasteiger partial charge is 0.251 e. The Morgan fingerprint density at radius 1 is 1.43 bits per heavy atom. The summed E-state index contributed by atoms with van der Waals surface area (Å²) in [5, 5.41) is 11.6. The minimum atomic E-state index is -3.45. The van der Waals surface area contributed by atoms with E-state index in [0.29, 0.717) is 6.42 Å². The Morgan fingerprint density at radius 3 is 2.62 bits per heavy atom. The number of aliphatic hydroxyl groups excluding tert-OH is 1. The van der Waals surface area contributed by atoms with Gasteiger partial charge in [-0.15, -0.1) is 0 Å². The summed E-state index contributed by atoms with van der Waals surface area (Å²) in [6, 6.07) is 3.60. The molecule has 4 N–H and O–H groups in total. The van der Waals surface area contributed by atoms with E-state index < -0.39 is 15.7 Å². The van der Waals surface area contributed by atoms with Crippen molar-refractivity contribution in [3.8, 4) is 0 Å². The van der Waals surface area contributed by atoms with Crippen molar-refractivity contribution in [3.63, 3.8) is 0 Å². The van der Waals surface area contributed by atoms with Crippen LogP contribution in [0.4, 0.5) is 5.69 Å². The number of nitrogen functional groups attached to an aromatic ring is 1. The number of hydrogen-bond donors (Lipinski definition) is 3. The molecule has 1 amide bonds. The quantitative estimate of drug-likeness (QED) is 0.599. The molecule has 118 valence electrons. The summed E-state index contributed by atoms with van der Waals surface area (Å²) in [4.78, 5) is 12.1. The Hall–Kier alpha value is -1.64. The van der Waals surface area contributed by atoms with Gasteiger partial charge in [-0.05, 0) is 24.6 Å². The first-order valence-electron chi connectivity index (χ1n) is 6.29. The SMILES string of the molecule is COCC(CCO)NC(=O)c1cc(N)cc(S(C)(=O)=O)c1. The molecule has 1 aromatic rings. The lowest BCUT2D eigenvalue weighted by Crippen LogP contribution is -2.38. The zero-order valence-electron chi connectivity index (χ0n) is 12.0. The molecular formula is C13H20N2O5S. The molecule has 0 saturated heterocycles. The summed E-state index contributed by atoms with van der Waals surface area (Å²) in [6.45, 7) is 0.146. The highest BCUT2D eigenvalue weighted by Gasteiger charge is 2.16. The van der Waals surface area contributed by atoms with Gasteiger partial charge in [-0.2, -0.15) is 0 Å². The first-order valence-corrected chi connectivity index (χ1v) is 8.18. The number of anilines is 1. The van der Waals surface area contributed by atoms with Crippen LogP contribution in [0.2, 0.25) is 0 Å². The topological polar surface area (TPSA) is 119 Å². The van der Waals surface area contributed by atoms with Crippen LogP contribution >= 0.6 is 0 Å². The number of aliphatic hydroxyl groups is 1. The molecule has 7 nitrogen and oxygen atoms in total. The van der Waals surface area contributed by atoms with E-state index >= 15 is 0 Å². The minimum Gasteiger partial charge on any atom is -0.399 e. The third kappa shape index (κ3) is 5.33. The molecule has 8 heteroatoms. The number of ether oxygens (including phenoxy) is 1. The Kier molecular flexibility index (Phi) is 6.13. The van der Waals surface area contributed by atoms with Crippen LogP contribution in [0.25, 0.3) is 0 Å².